The molecule has 1 aromatic heterocycles. The lowest BCUT2D eigenvalue weighted by Gasteiger charge is -2.12. The molecule has 0 atom stereocenters. The molecule has 0 spiro atoms. The van der Waals surface area contributed by atoms with Crippen LogP contribution >= 0.6 is 0 Å². The number of carbonyl (C=O) groups excluding carboxylic acids is 1. The van der Waals surface area contributed by atoms with E-state index in [0.29, 0.717) is 34.3 Å². The van der Waals surface area contributed by atoms with Crippen molar-refractivity contribution in [3.63, 3.8) is 0 Å². The molecule has 2 heterocycles. The van der Waals surface area contributed by atoms with Crippen molar-refractivity contribution in [3.05, 3.63) is 46.5 Å². The number of carboxylic acids is 1. The summed E-state index contributed by atoms with van der Waals surface area (Å²) in [7, 11) is 2.85. The Morgan fingerprint density at radius 2 is 1.84 bits per heavy atom. The highest BCUT2D eigenvalue weighted by Crippen LogP contribution is 2.43. The largest absolute Gasteiger partial charge is 0.496 e. The Bertz CT molecular complexity index is 1230. The summed E-state index contributed by atoms with van der Waals surface area (Å²) in [6.45, 7) is 0.283. The average Bonchev–Trinajstić information content (AvgIpc) is 3.01. The lowest BCUT2D eigenvalue weighted by atomic mass is 9.96. The fourth-order valence-corrected chi connectivity index (χ4v) is 3.94. The van der Waals surface area contributed by atoms with Crippen LogP contribution in [-0.4, -0.2) is 42.7 Å². The van der Waals surface area contributed by atoms with Crippen molar-refractivity contribution in [1.29, 1.82) is 0 Å². The predicted molar refractivity (Wildman–Crippen MR) is 105 cm³/mol. The molecular formula is C21H17F3N2O5. The molecule has 10 heteroatoms. The number of carbonyl (C=O) groups is 2. The number of H-pyrrole nitrogens is 1. The fraction of sp³-hybridized carbons (Fsp3) is 0.238. The number of methoxy groups -OCH3 is 2. The van der Waals surface area contributed by atoms with Crippen LogP contribution in [0.4, 0.5) is 13.2 Å². The molecule has 162 valence electrons. The van der Waals surface area contributed by atoms with Crippen molar-refractivity contribution < 1.29 is 37.3 Å². The second kappa shape index (κ2) is 7.22. The molecule has 3 N–H and O–H groups in total. The molecule has 0 unspecified atom stereocenters. The summed E-state index contributed by atoms with van der Waals surface area (Å²) in [5.41, 5.74) is -0.0353. The number of aromatic amines is 1. The maximum Gasteiger partial charge on any atom is 0.417 e. The van der Waals surface area contributed by atoms with Gasteiger partial charge in [0.05, 0.1) is 36.4 Å². The zero-order valence-corrected chi connectivity index (χ0v) is 16.4. The van der Waals surface area contributed by atoms with Gasteiger partial charge in [0.1, 0.15) is 11.5 Å². The van der Waals surface area contributed by atoms with E-state index in [9.17, 15) is 27.9 Å². The van der Waals surface area contributed by atoms with Crippen LogP contribution < -0.4 is 14.8 Å². The van der Waals surface area contributed by atoms with Crippen LogP contribution in [0.5, 0.6) is 11.5 Å². The minimum atomic E-state index is -4.81. The highest BCUT2D eigenvalue weighted by Gasteiger charge is 2.36. The summed E-state index contributed by atoms with van der Waals surface area (Å²) in [5, 5.41) is 12.6. The van der Waals surface area contributed by atoms with Crippen LogP contribution in [0.3, 0.4) is 0 Å². The van der Waals surface area contributed by atoms with Gasteiger partial charge in [0.15, 0.2) is 0 Å². The number of hydrogen-bond acceptors (Lipinski definition) is 4. The van der Waals surface area contributed by atoms with E-state index in [-0.39, 0.29) is 29.3 Å². The SMILES string of the molecule is COc1cc(OC)c2[nH]c(-c3ccc(C(F)(F)F)c(C(=O)O)c3)c3c2c1C(=O)NCC3. The topological polar surface area (TPSA) is 101 Å². The molecule has 0 saturated carbocycles. The van der Waals surface area contributed by atoms with E-state index in [1.165, 1.54) is 20.3 Å². The normalized spacial score (nSPS) is 13.6. The highest BCUT2D eigenvalue weighted by atomic mass is 19.4. The lowest BCUT2D eigenvalue weighted by Crippen LogP contribution is -2.24. The van der Waals surface area contributed by atoms with Crippen LogP contribution in [-0.2, 0) is 12.6 Å². The van der Waals surface area contributed by atoms with Crippen LogP contribution in [0.25, 0.3) is 22.2 Å². The third-order valence-electron chi connectivity index (χ3n) is 5.28. The zero-order valence-electron chi connectivity index (χ0n) is 16.4. The third-order valence-corrected chi connectivity index (χ3v) is 5.28. The molecule has 2 aromatic carbocycles. The molecule has 3 aromatic rings. The molecule has 0 radical (unpaired) electrons. The molecule has 0 bridgehead atoms. The van der Waals surface area contributed by atoms with Gasteiger partial charge in [-0.25, -0.2) is 4.79 Å². The molecule has 0 aliphatic carbocycles. The van der Waals surface area contributed by atoms with Gasteiger partial charge in [-0.3, -0.25) is 4.79 Å². The van der Waals surface area contributed by atoms with Crippen LogP contribution in [0.2, 0.25) is 0 Å². The number of alkyl halides is 3. The van der Waals surface area contributed by atoms with Gasteiger partial charge in [0.2, 0.25) is 0 Å². The van der Waals surface area contributed by atoms with Gasteiger partial charge in [-0.1, -0.05) is 6.07 Å². The zero-order chi connectivity index (χ0) is 22.5. The Hall–Kier alpha value is -3.69. The van der Waals surface area contributed by atoms with Crippen molar-refractivity contribution in [2.45, 2.75) is 12.6 Å². The second-order valence-electron chi connectivity index (χ2n) is 6.95. The molecule has 0 saturated heterocycles. The number of rotatable bonds is 4. The van der Waals surface area contributed by atoms with Gasteiger partial charge in [-0.05, 0) is 29.7 Å². The van der Waals surface area contributed by atoms with Gasteiger partial charge in [0, 0.05) is 23.7 Å². The van der Waals surface area contributed by atoms with E-state index in [0.717, 1.165) is 12.1 Å². The number of hydrogen-bond donors (Lipinski definition) is 3. The summed E-state index contributed by atoms with van der Waals surface area (Å²) in [4.78, 5) is 27.3. The molecule has 1 amide bonds. The predicted octanol–water partition coefficient (Wildman–Crippen LogP) is 3.86. The monoisotopic (exact) mass is 434 g/mol. The van der Waals surface area contributed by atoms with E-state index in [1.807, 2.05) is 0 Å². The first kappa shape index (κ1) is 20.6. The molecule has 31 heavy (non-hydrogen) atoms. The van der Waals surface area contributed by atoms with Crippen LogP contribution in [0, 0.1) is 0 Å². The lowest BCUT2D eigenvalue weighted by molar-refractivity contribution is -0.138. The Morgan fingerprint density at radius 3 is 2.45 bits per heavy atom. The smallest absolute Gasteiger partial charge is 0.417 e. The number of aromatic carboxylic acids is 1. The van der Waals surface area contributed by atoms with E-state index >= 15 is 0 Å². The maximum atomic E-state index is 13.2. The molecule has 4 rings (SSSR count). The second-order valence-corrected chi connectivity index (χ2v) is 6.95. The summed E-state index contributed by atoms with van der Waals surface area (Å²) < 4.78 is 50.5. The maximum absolute atomic E-state index is 13.2. The summed E-state index contributed by atoms with van der Waals surface area (Å²) in [6.07, 6.45) is -4.44. The number of halogens is 3. The first-order valence-corrected chi connectivity index (χ1v) is 9.20. The number of carboxylic acid groups (broad SMARTS) is 1. The number of benzene rings is 2. The van der Waals surface area contributed by atoms with Crippen molar-refractivity contribution in [2.75, 3.05) is 20.8 Å². The van der Waals surface area contributed by atoms with E-state index in [4.69, 9.17) is 9.47 Å². The van der Waals surface area contributed by atoms with Crippen LogP contribution in [0.15, 0.2) is 24.3 Å². The van der Waals surface area contributed by atoms with E-state index < -0.39 is 23.3 Å². The third kappa shape index (κ3) is 3.24. The Kier molecular flexibility index (Phi) is 4.79. The average molecular weight is 434 g/mol. The first-order chi connectivity index (χ1) is 14.7. The van der Waals surface area contributed by atoms with Crippen molar-refractivity contribution in [2.24, 2.45) is 0 Å². The molecule has 7 nitrogen and oxygen atoms in total. The Labute approximate surface area is 173 Å². The number of nitrogens with one attached hydrogen (secondary N) is 2. The molecule has 1 aliphatic rings. The molecule has 1 aliphatic heterocycles. The standard InChI is InChI=1S/C21H17F3N2O5/c1-30-13-8-14(31-2)18-15-10(5-6-25-19(27)16(13)15)17(26-18)9-3-4-12(21(22,23)24)11(7-9)20(28)29/h3-4,7-8,26H,5-6H2,1-2H3,(H,25,27)(H,28,29). The Morgan fingerprint density at radius 1 is 1.13 bits per heavy atom. The fourth-order valence-electron chi connectivity index (χ4n) is 3.94. The van der Waals surface area contributed by atoms with Gasteiger partial charge in [-0.2, -0.15) is 13.2 Å². The first-order valence-electron chi connectivity index (χ1n) is 9.20. The summed E-state index contributed by atoms with van der Waals surface area (Å²) in [6, 6.07) is 4.48. The van der Waals surface area contributed by atoms with Crippen molar-refractivity contribution in [1.82, 2.24) is 10.3 Å². The number of ether oxygens (including phenoxy) is 2. The van der Waals surface area contributed by atoms with Crippen molar-refractivity contribution >= 4 is 22.8 Å². The molecular weight excluding hydrogens is 417 g/mol. The Balaban J connectivity index is 2.05. The van der Waals surface area contributed by atoms with Gasteiger partial charge < -0.3 is 24.9 Å². The van der Waals surface area contributed by atoms with Gasteiger partial charge in [-0.15, -0.1) is 0 Å². The number of aromatic nitrogens is 1. The van der Waals surface area contributed by atoms with Crippen molar-refractivity contribution in [3.8, 4) is 22.8 Å². The minimum Gasteiger partial charge on any atom is -0.496 e. The number of amides is 1. The minimum absolute atomic E-state index is 0.248. The van der Waals surface area contributed by atoms with Gasteiger partial charge in [0.25, 0.3) is 5.91 Å². The quantitative estimate of drug-likeness (QED) is 0.579. The summed E-state index contributed by atoms with van der Waals surface area (Å²) >= 11 is 0. The van der Waals surface area contributed by atoms with E-state index in [2.05, 4.69) is 10.3 Å². The van der Waals surface area contributed by atoms with Crippen LogP contribution in [0.1, 0.15) is 31.8 Å². The summed E-state index contributed by atoms with van der Waals surface area (Å²) in [5.74, 6) is -1.38. The highest BCUT2D eigenvalue weighted by molar-refractivity contribution is 6.14. The van der Waals surface area contributed by atoms with Gasteiger partial charge >= 0.3 is 12.1 Å². The van der Waals surface area contributed by atoms with E-state index in [1.54, 1.807) is 6.07 Å². The molecule has 0 fully saturated rings.